The predicted octanol–water partition coefficient (Wildman–Crippen LogP) is 22.9. The molecule has 0 saturated carbocycles. The van der Waals surface area contributed by atoms with Crippen molar-refractivity contribution in [1.29, 1.82) is 0 Å². The third-order valence-electron chi connectivity index (χ3n) is 16.1. The third kappa shape index (κ3) is 73.5. The first kappa shape index (κ1) is 97.2. The van der Waals surface area contributed by atoms with Crippen LogP contribution in [0.5, 0.6) is 0 Å². The van der Waals surface area contributed by atoms with E-state index in [9.17, 15) is 43.2 Å². The van der Waals surface area contributed by atoms with Crippen molar-refractivity contribution in [2.45, 2.75) is 329 Å². The molecule has 0 aromatic heterocycles. The van der Waals surface area contributed by atoms with Gasteiger partial charge in [0.25, 0.3) is 0 Å². The molecule has 0 saturated heterocycles. The standard InChI is InChI=1S/C83H140O17P2/c1-5-9-13-17-21-25-29-33-36-38-41-44-48-52-56-60-64-68-81(86)94-74-79(100-83(88)70-66-62-58-54-50-46-42-39-37-34-30-26-22-18-14-10-6-2)76-98-102(91,92)96-72-77(84)71-95-101(89,90)97-75-78(73-93-80(85)67-63-59-55-51-47-43-32-28-24-20-16-12-8-4)99-82(87)69-65-61-57-53-49-45-40-35-31-27-23-19-15-11-7-3/h21-23,25-28,32-37,40-42,44,46,52,54,56,58,77-79,84H,5-20,24,29-31,38-39,43,45,47-51,53,55,57,59-76H2,1-4H3,(H,89,90)(H,91,92)/b25-21-,26-22-,27-23-,32-28-,36-33-,37-34-,40-35-,44-41-,46-42-,56-52-,58-54-/t77-,78-,79-/m1/s1. The third-order valence-corrected chi connectivity index (χ3v) is 18.0. The van der Waals surface area contributed by atoms with E-state index < -0.39 is 97.5 Å². The number of allylic oxidation sites excluding steroid dienone is 22. The summed E-state index contributed by atoms with van der Waals surface area (Å²) in [5, 5.41) is 10.6. The zero-order valence-corrected chi connectivity index (χ0v) is 65.5. The average molecular weight is 1470 g/mol. The molecule has 584 valence electrons. The fraction of sp³-hybridized carbons (Fsp3) is 0.687. The molecule has 2 unspecified atom stereocenters. The molecule has 0 aromatic rings. The van der Waals surface area contributed by atoms with Crippen molar-refractivity contribution in [3.63, 3.8) is 0 Å². The minimum absolute atomic E-state index is 0.00390. The molecule has 0 fully saturated rings. The van der Waals surface area contributed by atoms with E-state index in [4.69, 9.17) is 37.0 Å². The second-order valence-electron chi connectivity index (χ2n) is 25.9. The lowest BCUT2D eigenvalue weighted by Crippen LogP contribution is -2.30. The Morgan fingerprint density at radius 1 is 0.275 bits per heavy atom. The van der Waals surface area contributed by atoms with Crippen LogP contribution in [0.2, 0.25) is 0 Å². The number of esters is 4. The number of carbonyl (C=O) groups excluding carboxylic acids is 4. The molecule has 0 radical (unpaired) electrons. The maximum absolute atomic E-state index is 13.1. The number of carbonyl (C=O) groups is 4. The highest BCUT2D eigenvalue weighted by Crippen LogP contribution is 2.45. The van der Waals surface area contributed by atoms with E-state index in [0.29, 0.717) is 38.5 Å². The van der Waals surface area contributed by atoms with Gasteiger partial charge >= 0.3 is 39.5 Å². The molecule has 0 aliphatic rings. The monoisotopic (exact) mass is 1470 g/mol. The van der Waals surface area contributed by atoms with Crippen molar-refractivity contribution < 1.29 is 80.2 Å². The zero-order valence-electron chi connectivity index (χ0n) is 63.7. The zero-order chi connectivity index (χ0) is 74.6. The number of aliphatic hydroxyl groups excluding tert-OH is 1. The Morgan fingerprint density at radius 2 is 0.490 bits per heavy atom. The van der Waals surface area contributed by atoms with E-state index in [2.05, 4.69) is 137 Å². The van der Waals surface area contributed by atoms with Crippen molar-refractivity contribution in [3.05, 3.63) is 134 Å². The number of rotatable bonds is 73. The molecule has 3 N–H and O–H groups in total. The summed E-state index contributed by atoms with van der Waals surface area (Å²) < 4.78 is 68.4. The highest BCUT2D eigenvalue weighted by molar-refractivity contribution is 7.47. The van der Waals surface area contributed by atoms with E-state index in [1.807, 2.05) is 24.3 Å². The Hall–Kier alpha value is -4.80. The van der Waals surface area contributed by atoms with Crippen molar-refractivity contribution >= 4 is 39.5 Å². The molecule has 0 spiro atoms. The van der Waals surface area contributed by atoms with Crippen LogP contribution in [0.4, 0.5) is 0 Å². The summed E-state index contributed by atoms with van der Waals surface area (Å²) in [4.78, 5) is 72.9. The van der Waals surface area contributed by atoms with Gasteiger partial charge in [-0.3, -0.25) is 37.3 Å². The molecular formula is C83H140O17P2. The summed E-state index contributed by atoms with van der Waals surface area (Å²) >= 11 is 0. The summed E-state index contributed by atoms with van der Waals surface area (Å²) in [6.45, 7) is 4.63. The Balaban J connectivity index is 5.48. The lowest BCUT2D eigenvalue weighted by atomic mass is 10.1. The molecule has 0 aromatic carbocycles. The fourth-order valence-corrected chi connectivity index (χ4v) is 11.6. The van der Waals surface area contributed by atoms with Crippen LogP contribution in [0.15, 0.2) is 134 Å². The molecule has 0 amide bonds. The summed E-state index contributed by atoms with van der Waals surface area (Å²) in [5.41, 5.74) is 0. The van der Waals surface area contributed by atoms with Crippen LogP contribution in [-0.2, 0) is 65.4 Å². The number of phosphoric ester groups is 2. The number of unbranched alkanes of at least 4 members (excludes halogenated alkanes) is 25. The van der Waals surface area contributed by atoms with Gasteiger partial charge in [0.15, 0.2) is 12.2 Å². The molecule has 0 heterocycles. The van der Waals surface area contributed by atoms with Gasteiger partial charge in [0, 0.05) is 25.7 Å². The smallest absolute Gasteiger partial charge is 0.462 e. The van der Waals surface area contributed by atoms with E-state index in [1.165, 1.54) is 83.5 Å². The number of aliphatic hydroxyl groups is 1. The molecule has 0 aliphatic heterocycles. The summed E-state index contributed by atoms with van der Waals surface area (Å²) in [6.07, 6.45) is 83.0. The lowest BCUT2D eigenvalue weighted by molar-refractivity contribution is -0.161. The van der Waals surface area contributed by atoms with Crippen molar-refractivity contribution in [1.82, 2.24) is 0 Å². The predicted molar refractivity (Wildman–Crippen MR) is 418 cm³/mol. The average Bonchev–Trinajstić information content (AvgIpc) is 0.943. The first-order chi connectivity index (χ1) is 49.7. The van der Waals surface area contributed by atoms with Crippen LogP contribution in [0.25, 0.3) is 0 Å². The maximum atomic E-state index is 13.1. The van der Waals surface area contributed by atoms with Crippen LogP contribution >= 0.6 is 15.6 Å². The van der Waals surface area contributed by atoms with Crippen LogP contribution in [0.1, 0.15) is 310 Å². The number of phosphoric acid groups is 2. The Morgan fingerprint density at radius 3 is 0.814 bits per heavy atom. The van der Waals surface area contributed by atoms with Gasteiger partial charge in [-0.2, -0.15) is 0 Å². The van der Waals surface area contributed by atoms with Gasteiger partial charge in [-0.15, -0.1) is 0 Å². The number of ether oxygens (including phenoxy) is 4. The van der Waals surface area contributed by atoms with Crippen LogP contribution in [0, 0.1) is 0 Å². The number of hydrogen-bond acceptors (Lipinski definition) is 15. The highest BCUT2D eigenvalue weighted by atomic mass is 31.2. The summed E-state index contributed by atoms with van der Waals surface area (Å²) in [6, 6.07) is 0. The van der Waals surface area contributed by atoms with Crippen molar-refractivity contribution in [2.75, 3.05) is 39.6 Å². The van der Waals surface area contributed by atoms with E-state index in [1.54, 1.807) is 0 Å². The summed E-state index contributed by atoms with van der Waals surface area (Å²) in [5.74, 6) is -2.33. The SMILES string of the molecule is CCCCC/C=C\C/C=C\C/C=C\C/C=C\CCCC(=O)OC[C@H](COP(=O)(O)OC[C@H](O)COP(=O)(O)OC[C@@H](COC(=O)CCCCCCC/C=C\CCCCCC)OC(=O)CCCCCCC/C=C\C/C=C\CCCCC)OC(=O)CCC/C=C\C/C=C\C/C=C\C/C=C\CCCCC. The largest absolute Gasteiger partial charge is 0.472 e. The molecule has 0 rings (SSSR count). The lowest BCUT2D eigenvalue weighted by Gasteiger charge is -2.21. The first-order valence-corrected chi connectivity index (χ1v) is 42.4. The fourth-order valence-electron chi connectivity index (χ4n) is 9.99. The number of hydrogen-bond donors (Lipinski definition) is 3. The molecule has 17 nitrogen and oxygen atoms in total. The maximum Gasteiger partial charge on any atom is 0.472 e. The topological polar surface area (TPSA) is 237 Å². The molecule has 0 aliphatic carbocycles. The van der Waals surface area contributed by atoms with Crippen LogP contribution in [-0.4, -0.2) is 96.7 Å². The Bertz CT molecular complexity index is 2460. The van der Waals surface area contributed by atoms with Gasteiger partial charge in [0.2, 0.25) is 0 Å². The second kappa shape index (κ2) is 74.5. The minimum Gasteiger partial charge on any atom is -0.462 e. The minimum atomic E-state index is -5.01. The Kier molecular flexibility index (Phi) is 71.0. The molecular weight excluding hydrogens is 1330 g/mol. The van der Waals surface area contributed by atoms with E-state index in [0.717, 1.165) is 135 Å². The quantitative estimate of drug-likeness (QED) is 0.0169. The summed E-state index contributed by atoms with van der Waals surface area (Å²) in [7, 11) is -10.00. The molecule has 5 atom stereocenters. The van der Waals surface area contributed by atoms with E-state index in [-0.39, 0.29) is 25.7 Å². The van der Waals surface area contributed by atoms with Gasteiger partial charge < -0.3 is 33.8 Å². The molecule has 102 heavy (non-hydrogen) atoms. The van der Waals surface area contributed by atoms with Gasteiger partial charge in [0.1, 0.15) is 19.3 Å². The molecule has 0 bridgehead atoms. The van der Waals surface area contributed by atoms with Crippen molar-refractivity contribution in [3.8, 4) is 0 Å². The highest BCUT2D eigenvalue weighted by Gasteiger charge is 2.30. The van der Waals surface area contributed by atoms with Gasteiger partial charge in [-0.1, -0.05) is 258 Å². The van der Waals surface area contributed by atoms with Crippen LogP contribution < -0.4 is 0 Å². The van der Waals surface area contributed by atoms with Crippen molar-refractivity contribution in [2.24, 2.45) is 0 Å². The second-order valence-corrected chi connectivity index (χ2v) is 28.8. The van der Waals surface area contributed by atoms with E-state index >= 15 is 0 Å². The van der Waals surface area contributed by atoms with Gasteiger partial charge in [-0.25, -0.2) is 9.13 Å². The van der Waals surface area contributed by atoms with Gasteiger partial charge in [-0.05, 0) is 161 Å². The Labute approximate surface area is 618 Å². The first-order valence-electron chi connectivity index (χ1n) is 39.4. The molecule has 19 heteroatoms. The van der Waals surface area contributed by atoms with Crippen LogP contribution in [0.3, 0.4) is 0 Å². The van der Waals surface area contributed by atoms with Gasteiger partial charge in [0.05, 0.1) is 26.4 Å². The normalized spacial score (nSPS) is 14.6.